The topological polar surface area (TPSA) is 60.7 Å². The van der Waals surface area contributed by atoms with Crippen LogP contribution in [0.15, 0.2) is 12.1 Å². The molecule has 0 unspecified atom stereocenters. The second kappa shape index (κ2) is 3.45. The van der Waals surface area contributed by atoms with Crippen LogP contribution in [0.25, 0.3) is 0 Å². The molecule has 0 heterocycles. The highest BCUT2D eigenvalue weighted by Crippen LogP contribution is 2.26. The smallest absolute Gasteiger partial charge is 0.119 e. The largest absolute Gasteiger partial charge is 0.508 e. The van der Waals surface area contributed by atoms with Crippen LogP contribution in [0, 0.1) is 6.92 Å². The summed E-state index contributed by atoms with van der Waals surface area (Å²) >= 11 is 0. The molecule has 66 valence electrons. The van der Waals surface area contributed by atoms with Crippen LogP contribution in [-0.4, -0.2) is 21.9 Å². The molecule has 3 nitrogen and oxygen atoms in total. The van der Waals surface area contributed by atoms with Crippen molar-refractivity contribution < 1.29 is 15.3 Å². The van der Waals surface area contributed by atoms with Crippen LogP contribution >= 0.6 is 0 Å². The summed E-state index contributed by atoms with van der Waals surface area (Å²) in [5.74, 6) is 0.274. The van der Waals surface area contributed by atoms with E-state index in [9.17, 15) is 10.2 Å². The molecule has 3 N–H and O–H groups in total. The van der Waals surface area contributed by atoms with E-state index in [4.69, 9.17) is 5.11 Å². The molecular weight excluding hydrogens is 156 g/mol. The molecule has 12 heavy (non-hydrogen) atoms. The summed E-state index contributed by atoms with van der Waals surface area (Å²) in [5, 5.41) is 27.2. The van der Waals surface area contributed by atoms with Crippen molar-refractivity contribution in [3.8, 4) is 11.5 Å². The van der Waals surface area contributed by atoms with E-state index in [0.717, 1.165) is 0 Å². The van der Waals surface area contributed by atoms with E-state index in [1.54, 1.807) is 6.92 Å². The molecule has 0 aliphatic heterocycles. The third-order valence-electron chi connectivity index (χ3n) is 1.78. The fraction of sp³-hybridized carbons (Fsp3) is 0.333. The molecule has 0 spiro atoms. The van der Waals surface area contributed by atoms with Crippen molar-refractivity contribution in [3.05, 3.63) is 23.3 Å². The van der Waals surface area contributed by atoms with Crippen LogP contribution in [0.5, 0.6) is 11.5 Å². The van der Waals surface area contributed by atoms with Gasteiger partial charge in [0.2, 0.25) is 0 Å². The van der Waals surface area contributed by atoms with Gasteiger partial charge in [0.1, 0.15) is 11.5 Å². The summed E-state index contributed by atoms with van der Waals surface area (Å²) in [6.45, 7) is 1.67. The van der Waals surface area contributed by atoms with Crippen LogP contribution in [0.4, 0.5) is 0 Å². The molecule has 0 saturated heterocycles. The third kappa shape index (κ3) is 1.68. The molecular formula is C9H12O3. The Bertz CT molecular complexity index is 281. The minimum Gasteiger partial charge on any atom is -0.508 e. The van der Waals surface area contributed by atoms with Crippen LogP contribution in [0.2, 0.25) is 0 Å². The maximum absolute atomic E-state index is 9.32. The number of rotatable bonds is 2. The molecule has 0 radical (unpaired) electrons. The lowest BCUT2D eigenvalue weighted by Crippen LogP contribution is -1.91. The summed E-state index contributed by atoms with van der Waals surface area (Å²) in [5.41, 5.74) is 1.20. The number of aryl methyl sites for hydroxylation is 1. The average Bonchev–Trinajstić information content (AvgIpc) is 2.01. The number of aliphatic hydroxyl groups is 1. The number of hydrogen-bond donors (Lipinski definition) is 3. The molecule has 1 aromatic rings. The van der Waals surface area contributed by atoms with E-state index in [2.05, 4.69) is 0 Å². The van der Waals surface area contributed by atoms with Gasteiger partial charge in [-0.2, -0.15) is 0 Å². The van der Waals surface area contributed by atoms with Gasteiger partial charge in [0.05, 0.1) is 0 Å². The van der Waals surface area contributed by atoms with Crippen LogP contribution < -0.4 is 0 Å². The van der Waals surface area contributed by atoms with Gasteiger partial charge in [-0.3, -0.25) is 0 Å². The maximum atomic E-state index is 9.32. The zero-order valence-corrected chi connectivity index (χ0v) is 6.91. The number of aliphatic hydroxyl groups excluding tert-OH is 1. The van der Waals surface area contributed by atoms with Gasteiger partial charge >= 0.3 is 0 Å². The standard InChI is InChI=1S/C9H12O3/c1-6-4-9(12)7(2-3-10)5-8(6)11/h4-5,10-12H,2-3H2,1H3. The second-order valence-corrected chi connectivity index (χ2v) is 2.74. The van der Waals surface area contributed by atoms with Crippen LogP contribution in [0.3, 0.4) is 0 Å². The Hall–Kier alpha value is -1.22. The van der Waals surface area contributed by atoms with Gasteiger partial charge in [-0.1, -0.05) is 0 Å². The van der Waals surface area contributed by atoms with Gasteiger partial charge in [0, 0.05) is 6.61 Å². The van der Waals surface area contributed by atoms with Gasteiger partial charge in [-0.25, -0.2) is 0 Å². The van der Waals surface area contributed by atoms with Crippen molar-refractivity contribution in [2.45, 2.75) is 13.3 Å². The predicted octanol–water partition coefficient (Wildman–Crippen LogP) is 0.941. The molecule has 0 saturated carbocycles. The normalized spacial score (nSPS) is 10.2. The van der Waals surface area contributed by atoms with Crippen molar-refractivity contribution in [1.29, 1.82) is 0 Å². The van der Waals surface area contributed by atoms with E-state index in [-0.39, 0.29) is 18.1 Å². The zero-order chi connectivity index (χ0) is 9.14. The fourth-order valence-corrected chi connectivity index (χ4v) is 1.05. The molecule has 0 aliphatic carbocycles. The Morgan fingerprint density at radius 2 is 1.83 bits per heavy atom. The van der Waals surface area contributed by atoms with Crippen molar-refractivity contribution in [2.24, 2.45) is 0 Å². The van der Waals surface area contributed by atoms with Gasteiger partial charge < -0.3 is 15.3 Å². The molecule has 0 amide bonds. The highest BCUT2D eigenvalue weighted by Gasteiger charge is 2.04. The third-order valence-corrected chi connectivity index (χ3v) is 1.78. The van der Waals surface area contributed by atoms with Gasteiger partial charge in [0.25, 0.3) is 0 Å². The first kappa shape index (κ1) is 8.87. The van der Waals surface area contributed by atoms with E-state index in [0.29, 0.717) is 17.5 Å². The first-order valence-corrected chi connectivity index (χ1v) is 3.77. The highest BCUT2D eigenvalue weighted by molar-refractivity contribution is 5.44. The molecule has 0 fully saturated rings. The predicted molar refractivity (Wildman–Crippen MR) is 45.3 cm³/mol. The Labute approximate surface area is 70.9 Å². The van der Waals surface area contributed by atoms with Crippen molar-refractivity contribution in [2.75, 3.05) is 6.61 Å². The molecule has 3 heteroatoms. The lowest BCUT2D eigenvalue weighted by atomic mass is 10.1. The Morgan fingerprint density at radius 1 is 1.17 bits per heavy atom. The Kier molecular flexibility index (Phi) is 2.55. The summed E-state index contributed by atoms with van der Waals surface area (Å²) in [7, 11) is 0. The molecule has 0 atom stereocenters. The first-order valence-electron chi connectivity index (χ1n) is 3.77. The number of phenolic OH excluding ortho intramolecular Hbond substituents is 2. The van der Waals surface area contributed by atoms with E-state index in [1.807, 2.05) is 0 Å². The molecule has 1 aromatic carbocycles. The van der Waals surface area contributed by atoms with Crippen molar-refractivity contribution in [3.63, 3.8) is 0 Å². The van der Waals surface area contributed by atoms with Gasteiger partial charge in [0.15, 0.2) is 0 Å². The zero-order valence-electron chi connectivity index (χ0n) is 6.91. The number of phenols is 2. The monoisotopic (exact) mass is 168 g/mol. The lowest BCUT2D eigenvalue weighted by Gasteiger charge is -2.05. The summed E-state index contributed by atoms with van der Waals surface area (Å²) in [6.07, 6.45) is 0.361. The summed E-state index contributed by atoms with van der Waals surface area (Å²) in [6, 6.07) is 2.96. The van der Waals surface area contributed by atoms with Crippen molar-refractivity contribution >= 4 is 0 Å². The fourth-order valence-electron chi connectivity index (χ4n) is 1.05. The Balaban J connectivity index is 3.05. The number of aromatic hydroxyl groups is 2. The number of benzene rings is 1. The maximum Gasteiger partial charge on any atom is 0.119 e. The van der Waals surface area contributed by atoms with E-state index >= 15 is 0 Å². The minimum atomic E-state index is -0.0317. The van der Waals surface area contributed by atoms with E-state index in [1.165, 1.54) is 12.1 Å². The summed E-state index contributed by atoms with van der Waals surface area (Å²) in [4.78, 5) is 0. The van der Waals surface area contributed by atoms with Gasteiger partial charge in [-0.15, -0.1) is 0 Å². The molecule has 0 aliphatic rings. The van der Waals surface area contributed by atoms with Crippen LogP contribution in [-0.2, 0) is 6.42 Å². The lowest BCUT2D eigenvalue weighted by molar-refractivity contribution is 0.297. The minimum absolute atomic E-state index is 0.0317. The Morgan fingerprint density at radius 3 is 2.42 bits per heavy atom. The van der Waals surface area contributed by atoms with Crippen molar-refractivity contribution in [1.82, 2.24) is 0 Å². The average molecular weight is 168 g/mol. The molecule has 1 rings (SSSR count). The highest BCUT2D eigenvalue weighted by atomic mass is 16.3. The second-order valence-electron chi connectivity index (χ2n) is 2.74. The summed E-state index contributed by atoms with van der Waals surface area (Å²) < 4.78 is 0. The molecule has 0 bridgehead atoms. The van der Waals surface area contributed by atoms with Gasteiger partial charge in [-0.05, 0) is 36.6 Å². The number of hydrogen-bond acceptors (Lipinski definition) is 3. The molecule has 0 aromatic heterocycles. The SMILES string of the molecule is Cc1cc(O)c(CCO)cc1O. The first-order chi connectivity index (χ1) is 5.65. The quantitative estimate of drug-likeness (QED) is 0.576. The van der Waals surface area contributed by atoms with E-state index < -0.39 is 0 Å². The van der Waals surface area contributed by atoms with Crippen LogP contribution in [0.1, 0.15) is 11.1 Å².